The fraction of sp³-hybridized carbons (Fsp3) is 0.286. The lowest BCUT2D eigenvalue weighted by molar-refractivity contribution is 0.629. The predicted octanol–water partition coefficient (Wildman–Crippen LogP) is 1.91. The van der Waals surface area contributed by atoms with Crippen molar-refractivity contribution in [3.05, 3.63) is 51.4 Å². The molecule has 1 aliphatic rings. The SMILES string of the molecule is Cc1ccc(-c2nc3c(c(=O)[nH]2)C(C)NC3)cc1. The zero-order valence-corrected chi connectivity index (χ0v) is 10.4. The molecule has 2 aromatic rings. The minimum atomic E-state index is -0.0342. The van der Waals surface area contributed by atoms with Crippen LogP contribution in [0.15, 0.2) is 29.1 Å². The van der Waals surface area contributed by atoms with Gasteiger partial charge in [-0.15, -0.1) is 0 Å². The average Bonchev–Trinajstić information content (AvgIpc) is 2.72. The summed E-state index contributed by atoms with van der Waals surface area (Å²) in [6.07, 6.45) is 0. The third-order valence-corrected chi connectivity index (χ3v) is 3.37. The first kappa shape index (κ1) is 11.2. The second-order valence-electron chi connectivity index (χ2n) is 4.74. The molecule has 3 rings (SSSR count). The summed E-state index contributed by atoms with van der Waals surface area (Å²) in [4.78, 5) is 19.5. The summed E-state index contributed by atoms with van der Waals surface area (Å²) in [5.74, 6) is 0.648. The van der Waals surface area contributed by atoms with Gasteiger partial charge in [-0.25, -0.2) is 4.98 Å². The average molecular weight is 241 g/mol. The lowest BCUT2D eigenvalue weighted by Crippen LogP contribution is -2.18. The molecule has 0 bridgehead atoms. The standard InChI is InChI=1S/C14H15N3O/c1-8-3-5-10(6-4-8)13-16-11-7-15-9(2)12(11)14(18)17-13/h3-6,9,15H,7H2,1-2H3,(H,16,17,18). The molecule has 1 unspecified atom stereocenters. The molecule has 0 radical (unpaired) electrons. The van der Waals surface area contributed by atoms with E-state index in [4.69, 9.17) is 0 Å². The smallest absolute Gasteiger partial charge is 0.256 e. The van der Waals surface area contributed by atoms with Crippen LogP contribution in [-0.4, -0.2) is 9.97 Å². The number of aromatic amines is 1. The van der Waals surface area contributed by atoms with E-state index in [1.165, 1.54) is 5.56 Å². The number of aromatic nitrogens is 2. The van der Waals surface area contributed by atoms with E-state index < -0.39 is 0 Å². The topological polar surface area (TPSA) is 57.8 Å². The molecule has 1 aromatic carbocycles. The van der Waals surface area contributed by atoms with Crippen molar-refractivity contribution in [1.29, 1.82) is 0 Å². The summed E-state index contributed by atoms with van der Waals surface area (Å²) >= 11 is 0. The Morgan fingerprint density at radius 1 is 1.28 bits per heavy atom. The largest absolute Gasteiger partial charge is 0.306 e. The number of aryl methyl sites for hydroxylation is 1. The Labute approximate surface area is 105 Å². The van der Waals surface area contributed by atoms with Crippen LogP contribution in [0.5, 0.6) is 0 Å². The first-order valence-corrected chi connectivity index (χ1v) is 6.08. The van der Waals surface area contributed by atoms with E-state index in [1.54, 1.807) is 0 Å². The van der Waals surface area contributed by atoms with Gasteiger partial charge in [-0.05, 0) is 13.8 Å². The molecule has 18 heavy (non-hydrogen) atoms. The van der Waals surface area contributed by atoms with Gasteiger partial charge < -0.3 is 10.3 Å². The molecule has 1 aromatic heterocycles. The molecule has 4 heteroatoms. The summed E-state index contributed by atoms with van der Waals surface area (Å²) in [6, 6.07) is 8.08. The molecule has 92 valence electrons. The van der Waals surface area contributed by atoms with Crippen LogP contribution in [0.25, 0.3) is 11.4 Å². The van der Waals surface area contributed by atoms with E-state index in [1.807, 2.05) is 38.1 Å². The highest BCUT2D eigenvalue weighted by Crippen LogP contribution is 2.22. The number of hydrogen-bond donors (Lipinski definition) is 2. The number of rotatable bonds is 1. The van der Waals surface area contributed by atoms with Crippen molar-refractivity contribution in [3.8, 4) is 11.4 Å². The molecule has 0 aliphatic carbocycles. The fourth-order valence-corrected chi connectivity index (χ4v) is 2.31. The van der Waals surface area contributed by atoms with Crippen molar-refractivity contribution in [1.82, 2.24) is 15.3 Å². The highest BCUT2D eigenvalue weighted by molar-refractivity contribution is 5.55. The summed E-state index contributed by atoms with van der Waals surface area (Å²) in [7, 11) is 0. The summed E-state index contributed by atoms with van der Waals surface area (Å²) in [6.45, 7) is 4.68. The lowest BCUT2D eigenvalue weighted by Gasteiger charge is -2.05. The van der Waals surface area contributed by atoms with Gasteiger partial charge in [0.15, 0.2) is 0 Å². The van der Waals surface area contributed by atoms with Crippen LogP contribution in [0.1, 0.15) is 29.8 Å². The maximum atomic E-state index is 12.0. The number of benzene rings is 1. The van der Waals surface area contributed by atoms with Gasteiger partial charge in [0.2, 0.25) is 0 Å². The minimum Gasteiger partial charge on any atom is -0.306 e. The molecule has 0 fully saturated rings. The van der Waals surface area contributed by atoms with Crippen molar-refractivity contribution in [2.45, 2.75) is 26.4 Å². The third-order valence-electron chi connectivity index (χ3n) is 3.37. The molecule has 1 atom stereocenters. The Morgan fingerprint density at radius 2 is 2.00 bits per heavy atom. The number of fused-ring (bicyclic) bond motifs is 1. The molecule has 0 saturated heterocycles. The second-order valence-corrected chi connectivity index (χ2v) is 4.74. The van der Waals surface area contributed by atoms with Gasteiger partial charge >= 0.3 is 0 Å². The maximum absolute atomic E-state index is 12.0. The summed E-state index contributed by atoms with van der Waals surface area (Å²) in [5, 5.41) is 3.23. The zero-order chi connectivity index (χ0) is 12.7. The first-order valence-electron chi connectivity index (χ1n) is 6.08. The number of nitrogens with zero attached hydrogens (tertiary/aromatic N) is 1. The minimum absolute atomic E-state index is 0.0342. The van der Waals surface area contributed by atoms with E-state index in [-0.39, 0.29) is 11.6 Å². The quantitative estimate of drug-likeness (QED) is 0.801. The van der Waals surface area contributed by atoms with E-state index in [0.29, 0.717) is 12.4 Å². The first-order chi connectivity index (χ1) is 8.65. The Balaban J connectivity index is 2.13. The molecule has 0 spiro atoms. The second kappa shape index (κ2) is 4.07. The van der Waals surface area contributed by atoms with E-state index in [2.05, 4.69) is 15.3 Å². The van der Waals surface area contributed by atoms with Crippen molar-refractivity contribution in [2.24, 2.45) is 0 Å². The number of hydrogen-bond acceptors (Lipinski definition) is 3. The zero-order valence-electron chi connectivity index (χ0n) is 10.4. The van der Waals surface area contributed by atoms with Gasteiger partial charge in [0, 0.05) is 18.2 Å². The van der Waals surface area contributed by atoms with Crippen LogP contribution < -0.4 is 10.9 Å². The normalized spacial score (nSPS) is 17.8. The molecule has 2 heterocycles. The van der Waals surface area contributed by atoms with E-state index in [0.717, 1.165) is 16.8 Å². The van der Waals surface area contributed by atoms with Gasteiger partial charge in [-0.1, -0.05) is 29.8 Å². The van der Waals surface area contributed by atoms with Gasteiger partial charge in [-0.3, -0.25) is 4.79 Å². The monoisotopic (exact) mass is 241 g/mol. The summed E-state index contributed by atoms with van der Waals surface area (Å²) in [5.41, 5.74) is 3.73. The van der Waals surface area contributed by atoms with Crippen molar-refractivity contribution < 1.29 is 0 Å². The Hall–Kier alpha value is -1.94. The Bertz CT molecular complexity index is 643. The molecular weight excluding hydrogens is 226 g/mol. The maximum Gasteiger partial charge on any atom is 0.256 e. The predicted molar refractivity (Wildman–Crippen MR) is 70.3 cm³/mol. The van der Waals surface area contributed by atoms with E-state index in [9.17, 15) is 4.79 Å². The molecule has 2 N–H and O–H groups in total. The van der Waals surface area contributed by atoms with Crippen molar-refractivity contribution in [2.75, 3.05) is 0 Å². The number of H-pyrrole nitrogens is 1. The van der Waals surface area contributed by atoms with Crippen LogP contribution >= 0.6 is 0 Å². The van der Waals surface area contributed by atoms with Gasteiger partial charge in [0.25, 0.3) is 5.56 Å². The fourth-order valence-electron chi connectivity index (χ4n) is 2.31. The van der Waals surface area contributed by atoms with Crippen molar-refractivity contribution in [3.63, 3.8) is 0 Å². The number of nitrogens with one attached hydrogen (secondary N) is 2. The van der Waals surface area contributed by atoms with Gasteiger partial charge in [0.1, 0.15) is 5.82 Å². The molecule has 4 nitrogen and oxygen atoms in total. The summed E-state index contributed by atoms with van der Waals surface area (Å²) < 4.78 is 0. The van der Waals surface area contributed by atoms with Crippen LogP contribution in [0.2, 0.25) is 0 Å². The van der Waals surface area contributed by atoms with Crippen molar-refractivity contribution >= 4 is 0 Å². The molecule has 1 aliphatic heterocycles. The molecule has 0 saturated carbocycles. The third kappa shape index (κ3) is 1.75. The molecule has 0 amide bonds. The highest BCUT2D eigenvalue weighted by atomic mass is 16.1. The van der Waals surface area contributed by atoms with Crippen LogP contribution in [0, 0.1) is 6.92 Å². The van der Waals surface area contributed by atoms with Gasteiger partial charge in [-0.2, -0.15) is 0 Å². The highest BCUT2D eigenvalue weighted by Gasteiger charge is 2.23. The van der Waals surface area contributed by atoms with Crippen LogP contribution in [0.4, 0.5) is 0 Å². The molecular formula is C14H15N3O. The Morgan fingerprint density at radius 3 is 2.72 bits per heavy atom. The van der Waals surface area contributed by atoms with Gasteiger partial charge in [0.05, 0.1) is 11.3 Å². The van der Waals surface area contributed by atoms with E-state index >= 15 is 0 Å². The Kier molecular flexibility index (Phi) is 2.52. The van der Waals surface area contributed by atoms with Crippen LogP contribution in [-0.2, 0) is 6.54 Å². The van der Waals surface area contributed by atoms with Crippen LogP contribution in [0.3, 0.4) is 0 Å². The lowest BCUT2D eigenvalue weighted by atomic mass is 10.1.